The number of carbonyl (C=O) groups is 5. The molecule has 102 heavy (non-hydrogen) atoms. The van der Waals surface area contributed by atoms with E-state index < -0.39 is 58.2 Å². The van der Waals surface area contributed by atoms with Crippen molar-refractivity contribution in [2.24, 2.45) is 0 Å². The molecule has 6 aromatic carbocycles. The molecule has 1 spiro atoms. The molecule has 25 heteroatoms. The number of likely N-dealkylation sites (N-methyl/N-ethyl adjacent to an activating group) is 2. The van der Waals surface area contributed by atoms with Crippen molar-refractivity contribution in [1.82, 2.24) is 29.4 Å². The van der Waals surface area contributed by atoms with Gasteiger partial charge in [-0.1, -0.05) is 121 Å². The average molecular weight is 1460 g/mol. The molecule has 0 aromatic heterocycles. The second-order valence-corrected chi connectivity index (χ2v) is 28.2. The van der Waals surface area contributed by atoms with Crippen molar-refractivity contribution in [3.63, 3.8) is 0 Å². The average Bonchev–Trinajstić information content (AvgIpc) is 1.51. The molecule has 1 aliphatic carbocycles. The van der Waals surface area contributed by atoms with Gasteiger partial charge in [0.15, 0.2) is 0 Å². The Hall–Kier alpha value is -7.77. The second-order valence-electron chi connectivity index (χ2n) is 27.4. The Bertz CT molecular complexity index is 3810. The van der Waals surface area contributed by atoms with E-state index in [2.05, 4.69) is 39.2 Å². The van der Waals surface area contributed by atoms with Crippen LogP contribution in [0.4, 0.5) is 47.3 Å². The van der Waals surface area contributed by atoms with Crippen molar-refractivity contribution in [1.29, 1.82) is 0 Å². The Morgan fingerprint density at radius 2 is 1.33 bits per heavy atom. The van der Waals surface area contributed by atoms with Gasteiger partial charge in [0.2, 0.25) is 11.8 Å². The summed E-state index contributed by atoms with van der Waals surface area (Å²) in [7, 11) is 5.63. The van der Waals surface area contributed by atoms with E-state index >= 15 is 0 Å². The number of carbonyl (C=O) groups excluding carboxylic acids is 4. The van der Waals surface area contributed by atoms with Crippen molar-refractivity contribution < 1.29 is 69.6 Å². The van der Waals surface area contributed by atoms with Gasteiger partial charge in [0.1, 0.15) is 12.2 Å². The summed E-state index contributed by atoms with van der Waals surface area (Å²) in [6, 6.07) is 38.9. The molecule has 548 valence electrons. The minimum absolute atomic E-state index is 0.00615. The van der Waals surface area contributed by atoms with Gasteiger partial charge in [-0.15, -0.1) is 0 Å². The van der Waals surface area contributed by atoms with Crippen LogP contribution >= 0.6 is 23.2 Å². The van der Waals surface area contributed by atoms with Gasteiger partial charge in [0.25, 0.3) is 5.91 Å². The highest BCUT2D eigenvalue weighted by Gasteiger charge is 2.50. The van der Waals surface area contributed by atoms with Crippen LogP contribution in [0.15, 0.2) is 140 Å². The summed E-state index contributed by atoms with van der Waals surface area (Å²) in [5.41, 5.74) is 1.51. The number of benzene rings is 6. The Morgan fingerprint density at radius 1 is 0.676 bits per heavy atom. The molecule has 5 amide bonds. The highest BCUT2D eigenvalue weighted by molar-refractivity contribution is 6.42. The van der Waals surface area contributed by atoms with Crippen molar-refractivity contribution in [2.75, 3.05) is 123 Å². The molecule has 3 saturated heterocycles. The van der Waals surface area contributed by atoms with Crippen LogP contribution in [0.25, 0.3) is 11.1 Å². The van der Waals surface area contributed by atoms with Gasteiger partial charge in [-0.2, -0.15) is 26.3 Å². The molecule has 0 bridgehead atoms. The topological polar surface area (TPSA) is 168 Å². The van der Waals surface area contributed by atoms with Gasteiger partial charge in [-0.3, -0.25) is 24.6 Å². The minimum Gasteiger partial charge on any atom is -0.465 e. The molecule has 2 atom stereocenters. The lowest BCUT2D eigenvalue weighted by Gasteiger charge is -2.46. The van der Waals surface area contributed by atoms with Crippen LogP contribution in [0.2, 0.25) is 10.0 Å². The zero-order valence-corrected chi connectivity index (χ0v) is 59.4. The second kappa shape index (κ2) is 34.7. The summed E-state index contributed by atoms with van der Waals surface area (Å²) >= 11 is 12.8. The number of hydrogen-bond acceptors (Lipinski definition) is 11. The van der Waals surface area contributed by atoms with Gasteiger partial charge in [0.05, 0.1) is 52.7 Å². The summed E-state index contributed by atoms with van der Waals surface area (Å²) < 4.78 is 102. The van der Waals surface area contributed by atoms with Gasteiger partial charge in [-0.05, 0) is 167 Å². The SMILES string of the molecule is CN(CCCCCC(=O)N(C)CCN1CCC(N(C(=O)O)c2ccccc2-c2ccccc2)CC1)Cc1ccc(NC(=O)OCCCCN(C)C(=O)CO[C@H]2Cc3ccccc3C23CCN(CC[C@]2(c4ccc(Cl)c(Cl)c4)CN(C(=O)c4cc(C(F)(F)F)cc(C(F)(F)F)c4)CCO2)CC3)cc1. The number of unbranched alkanes of at least 4 members (excludes halogenated alkanes) is 3. The summed E-state index contributed by atoms with van der Waals surface area (Å²) in [6.45, 7) is 6.20. The molecule has 0 radical (unpaired) electrons. The number of morpholine rings is 1. The Balaban J connectivity index is 0.598. The van der Waals surface area contributed by atoms with E-state index in [1.807, 2.05) is 98.0 Å². The minimum atomic E-state index is -5.14. The number of rotatable bonds is 28. The van der Waals surface area contributed by atoms with Crippen LogP contribution in [-0.2, 0) is 60.1 Å². The van der Waals surface area contributed by atoms with Crippen LogP contribution in [0.3, 0.4) is 0 Å². The molecule has 10 rings (SSSR count). The molecule has 0 unspecified atom stereocenters. The third-order valence-corrected chi connectivity index (χ3v) is 21.2. The Morgan fingerprint density at radius 3 is 2.03 bits per heavy atom. The normalized spacial score (nSPS) is 18.1. The first kappa shape index (κ1) is 76.9. The number of ether oxygens (including phenoxy) is 3. The monoisotopic (exact) mass is 1450 g/mol. The fourth-order valence-corrected chi connectivity index (χ4v) is 14.9. The molecule has 3 aliphatic heterocycles. The third-order valence-electron chi connectivity index (χ3n) is 20.5. The quantitative estimate of drug-likeness (QED) is 0.0353. The van der Waals surface area contributed by atoms with Crippen molar-refractivity contribution in [2.45, 2.75) is 119 Å². The van der Waals surface area contributed by atoms with Gasteiger partial charge >= 0.3 is 24.5 Å². The Labute approximate surface area is 602 Å². The van der Waals surface area contributed by atoms with Crippen LogP contribution in [0, 0.1) is 0 Å². The molecule has 4 aliphatic rings. The smallest absolute Gasteiger partial charge is 0.416 e. The van der Waals surface area contributed by atoms with Gasteiger partial charge in [0, 0.05) is 101 Å². The molecular weight excluding hydrogens is 1370 g/mol. The van der Waals surface area contributed by atoms with E-state index in [0.717, 1.165) is 67.7 Å². The van der Waals surface area contributed by atoms with E-state index in [9.17, 15) is 55.4 Å². The fourth-order valence-electron chi connectivity index (χ4n) is 14.7. The number of anilines is 2. The van der Waals surface area contributed by atoms with Crippen LogP contribution in [0.5, 0.6) is 0 Å². The van der Waals surface area contributed by atoms with Gasteiger partial charge in [-0.25, -0.2) is 9.59 Å². The van der Waals surface area contributed by atoms with Crippen molar-refractivity contribution in [3.8, 4) is 11.1 Å². The maximum absolute atomic E-state index is 14.0. The first-order valence-electron chi connectivity index (χ1n) is 35.0. The number of hydrogen-bond donors (Lipinski definition) is 2. The summed E-state index contributed by atoms with van der Waals surface area (Å²) in [5.74, 6) is -1.07. The molecule has 2 N–H and O–H groups in total. The fraction of sp³-hybridized carbons (Fsp3) is 0.468. The third kappa shape index (κ3) is 19.7. The van der Waals surface area contributed by atoms with Gasteiger partial charge < -0.3 is 48.7 Å². The number of halogens is 8. The maximum Gasteiger partial charge on any atom is 0.416 e. The highest BCUT2D eigenvalue weighted by Crippen LogP contribution is 2.49. The molecule has 0 saturated carbocycles. The summed E-state index contributed by atoms with van der Waals surface area (Å²) in [4.78, 5) is 79.1. The standard InChI is InChI=1S/C77H90Cl2F6N8O9/c1-87(34-13-5-8-22-69(94)89(3)41-42-90-36-29-62(30-37-90)93(73(98)99)67-21-12-10-19-63(67)55-16-6-4-7-17-55)51-54-23-26-61(27-24-54)86-72(97)100-44-15-14-35-88(2)70(95)52-101-68-48-56-18-9-11-20-64(56)74(68)31-38-91(39-32-74)40-33-75(58-25-28-65(78)66(79)50-58)53-92(43-45-102-75)71(96)57-46-59(76(80,81)82)49-60(47-57)77(83,84)85/h4,6-7,9-12,16-21,23-28,46-47,49-50,62,68H,5,8,13-15,22,29-45,48,51-53H2,1-3H3,(H,86,97)(H,98,99)/t68-,75+/m0/s1. The maximum atomic E-state index is 14.0. The lowest BCUT2D eigenvalue weighted by Crippen LogP contribution is -2.54. The van der Waals surface area contributed by atoms with E-state index in [1.165, 1.54) is 15.4 Å². The number of alkyl halides is 6. The number of likely N-dealkylation sites (tertiary alicyclic amines) is 2. The number of para-hydroxylation sites is 1. The Kier molecular flexibility index (Phi) is 26.1. The molecule has 3 fully saturated rings. The zero-order chi connectivity index (χ0) is 72.8. The van der Waals surface area contributed by atoms with Crippen molar-refractivity contribution in [3.05, 3.63) is 189 Å². The predicted molar refractivity (Wildman–Crippen MR) is 381 cm³/mol. The van der Waals surface area contributed by atoms with Crippen LogP contribution in [-0.4, -0.2) is 190 Å². The van der Waals surface area contributed by atoms with E-state index in [0.29, 0.717) is 120 Å². The summed E-state index contributed by atoms with van der Waals surface area (Å²) in [5, 5.41) is 13.6. The largest absolute Gasteiger partial charge is 0.465 e. The lowest BCUT2D eigenvalue weighted by atomic mass is 9.72. The number of carboxylic acid groups (broad SMARTS) is 1. The first-order valence-corrected chi connectivity index (χ1v) is 35.7. The molecule has 6 aromatic rings. The van der Waals surface area contributed by atoms with E-state index in [1.54, 1.807) is 35.0 Å². The number of nitrogens with zero attached hydrogens (tertiary/aromatic N) is 7. The number of piperidine rings is 2. The summed E-state index contributed by atoms with van der Waals surface area (Å²) in [6.07, 6.45) is -4.17. The number of fused-ring (bicyclic) bond motifs is 2. The number of nitrogens with one attached hydrogen (secondary N) is 1. The zero-order valence-electron chi connectivity index (χ0n) is 57.9. The number of amides is 5. The van der Waals surface area contributed by atoms with Crippen LogP contribution < -0.4 is 10.2 Å². The van der Waals surface area contributed by atoms with Crippen molar-refractivity contribution >= 4 is 64.5 Å². The van der Waals surface area contributed by atoms with Crippen LogP contribution in [0.1, 0.15) is 114 Å². The predicted octanol–water partition coefficient (Wildman–Crippen LogP) is 15.0. The molecular formula is C77H90Cl2F6N8O9. The first-order chi connectivity index (χ1) is 48.8. The van der Waals surface area contributed by atoms with E-state index in [4.69, 9.17) is 37.4 Å². The lowest BCUT2D eigenvalue weighted by molar-refractivity contribution is -0.143. The molecule has 3 heterocycles. The highest BCUT2D eigenvalue weighted by atomic mass is 35.5. The molecule has 17 nitrogen and oxygen atoms in total. The van der Waals surface area contributed by atoms with E-state index in [-0.39, 0.29) is 79.4 Å².